The maximum absolute atomic E-state index is 12.6. The summed E-state index contributed by atoms with van der Waals surface area (Å²) in [6.45, 7) is 1.93. The van der Waals surface area contributed by atoms with Crippen molar-refractivity contribution in [3.8, 4) is 0 Å². The van der Waals surface area contributed by atoms with Gasteiger partial charge in [0.15, 0.2) is 5.78 Å². The van der Waals surface area contributed by atoms with Crippen LogP contribution in [0.4, 0.5) is 5.69 Å². The van der Waals surface area contributed by atoms with Crippen molar-refractivity contribution in [1.82, 2.24) is 0 Å². The van der Waals surface area contributed by atoms with Crippen LogP contribution in [-0.4, -0.2) is 5.78 Å². The van der Waals surface area contributed by atoms with E-state index in [4.69, 9.17) is 0 Å². The number of hydrogen-bond donors (Lipinski definition) is 1. The summed E-state index contributed by atoms with van der Waals surface area (Å²) in [5.74, 6) is 0.116. The maximum atomic E-state index is 12.6. The van der Waals surface area contributed by atoms with Crippen molar-refractivity contribution in [2.75, 3.05) is 5.32 Å². The molecule has 1 aliphatic heterocycles. The van der Waals surface area contributed by atoms with Crippen molar-refractivity contribution >= 4 is 27.4 Å². The van der Waals surface area contributed by atoms with E-state index in [1.165, 1.54) is 0 Å². The quantitative estimate of drug-likeness (QED) is 0.863. The molecule has 0 aromatic heterocycles. The van der Waals surface area contributed by atoms with Gasteiger partial charge in [0, 0.05) is 15.7 Å². The number of rotatable bonds is 1. The minimum Gasteiger partial charge on any atom is -0.369 e. The summed E-state index contributed by atoms with van der Waals surface area (Å²) in [5.41, 5.74) is 1.97. The molecule has 0 saturated carbocycles. The number of nitrogens with one attached hydrogen (secondary N) is 1. The molecule has 0 bridgehead atoms. The molecule has 1 aliphatic rings. The smallest absolute Gasteiger partial charge is 0.194 e. The van der Waals surface area contributed by atoms with Crippen molar-refractivity contribution in [2.24, 2.45) is 0 Å². The predicted molar refractivity (Wildman–Crippen MR) is 75.9 cm³/mol. The Balaban J connectivity index is 2.12. The molecular weight excluding hydrogens is 290 g/mol. The van der Waals surface area contributed by atoms with Crippen LogP contribution in [0.5, 0.6) is 0 Å². The molecule has 1 atom stereocenters. The number of benzene rings is 2. The van der Waals surface area contributed by atoms with Gasteiger partial charge in [-0.25, -0.2) is 0 Å². The number of carbonyl (C=O) groups excluding carboxylic acids is 1. The predicted octanol–water partition coefficient (Wildman–Crippen LogP) is 3.97. The Kier molecular flexibility index (Phi) is 2.52. The van der Waals surface area contributed by atoms with Crippen LogP contribution in [0, 0.1) is 0 Å². The molecule has 0 saturated heterocycles. The Morgan fingerprint density at radius 1 is 1.11 bits per heavy atom. The minimum absolute atomic E-state index is 0.116. The molecule has 18 heavy (non-hydrogen) atoms. The van der Waals surface area contributed by atoms with Gasteiger partial charge in [0.1, 0.15) is 5.54 Å². The molecular formula is C15H12BrNO. The molecule has 2 aromatic rings. The largest absolute Gasteiger partial charge is 0.369 e. The second-order valence-electron chi connectivity index (χ2n) is 4.64. The summed E-state index contributed by atoms with van der Waals surface area (Å²) >= 11 is 3.41. The van der Waals surface area contributed by atoms with Gasteiger partial charge in [-0.15, -0.1) is 0 Å². The van der Waals surface area contributed by atoms with Crippen LogP contribution >= 0.6 is 15.9 Å². The lowest BCUT2D eigenvalue weighted by Crippen LogP contribution is -2.34. The second-order valence-corrected chi connectivity index (χ2v) is 5.55. The number of fused-ring (bicyclic) bond motifs is 1. The highest BCUT2D eigenvalue weighted by Gasteiger charge is 2.42. The van der Waals surface area contributed by atoms with Crippen LogP contribution in [0.2, 0.25) is 0 Å². The number of anilines is 1. The van der Waals surface area contributed by atoms with E-state index >= 15 is 0 Å². The van der Waals surface area contributed by atoms with Gasteiger partial charge in [-0.1, -0.05) is 46.3 Å². The molecule has 3 rings (SSSR count). The van der Waals surface area contributed by atoms with E-state index in [1.54, 1.807) is 0 Å². The van der Waals surface area contributed by atoms with Crippen molar-refractivity contribution < 1.29 is 4.79 Å². The molecule has 2 aromatic carbocycles. The van der Waals surface area contributed by atoms with E-state index in [0.29, 0.717) is 0 Å². The fourth-order valence-electron chi connectivity index (χ4n) is 2.38. The molecule has 0 amide bonds. The topological polar surface area (TPSA) is 29.1 Å². The first kappa shape index (κ1) is 11.5. The molecule has 0 fully saturated rings. The Morgan fingerprint density at radius 2 is 1.83 bits per heavy atom. The minimum atomic E-state index is -0.662. The highest BCUT2D eigenvalue weighted by Crippen LogP contribution is 2.39. The molecule has 0 radical (unpaired) electrons. The molecule has 1 N–H and O–H groups in total. The van der Waals surface area contributed by atoms with Crippen molar-refractivity contribution in [2.45, 2.75) is 12.5 Å². The van der Waals surface area contributed by atoms with Gasteiger partial charge in [-0.05, 0) is 30.7 Å². The number of ketones is 1. The van der Waals surface area contributed by atoms with Crippen LogP contribution < -0.4 is 5.32 Å². The van der Waals surface area contributed by atoms with Crippen LogP contribution in [0.1, 0.15) is 22.8 Å². The zero-order valence-corrected chi connectivity index (χ0v) is 11.5. The van der Waals surface area contributed by atoms with E-state index < -0.39 is 5.54 Å². The van der Waals surface area contributed by atoms with Crippen molar-refractivity contribution in [3.63, 3.8) is 0 Å². The van der Waals surface area contributed by atoms with Gasteiger partial charge in [-0.2, -0.15) is 0 Å². The second kappa shape index (κ2) is 3.95. The van der Waals surface area contributed by atoms with E-state index in [0.717, 1.165) is 21.3 Å². The van der Waals surface area contributed by atoms with Gasteiger partial charge < -0.3 is 5.32 Å². The zero-order chi connectivity index (χ0) is 12.8. The van der Waals surface area contributed by atoms with Gasteiger partial charge >= 0.3 is 0 Å². The fraction of sp³-hybridized carbons (Fsp3) is 0.133. The first-order chi connectivity index (χ1) is 8.61. The number of carbonyl (C=O) groups is 1. The monoisotopic (exact) mass is 301 g/mol. The normalized spacial score (nSPS) is 21.6. The Bertz CT molecular complexity index is 624. The van der Waals surface area contributed by atoms with Gasteiger partial charge in [0.25, 0.3) is 0 Å². The lowest BCUT2D eigenvalue weighted by Gasteiger charge is -2.23. The van der Waals surface area contributed by atoms with Crippen LogP contribution in [0.25, 0.3) is 0 Å². The maximum Gasteiger partial charge on any atom is 0.194 e. The zero-order valence-electron chi connectivity index (χ0n) is 9.91. The van der Waals surface area contributed by atoms with Crippen molar-refractivity contribution in [3.05, 3.63) is 64.1 Å². The molecule has 1 heterocycles. The molecule has 90 valence electrons. The van der Waals surface area contributed by atoms with Crippen LogP contribution in [0.15, 0.2) is 53.0 Å². The molecule has 0 aliphatic carbocycles. The highest BCUT2D eigenvalue weighted by molar-refractivity contribution is 9.10. The standard InChI is InChI=1S/C15H12BrNO/c1-15(10-5-3-2-4-6-10)14(18)12-9-11(16)7-8-13(12)17-15/h2-9,17H,1H3. The molecule has 3 heteroatoms. The molecule has 1 unspecified atom stereocenters. The average Bonchev–Trinajstić information content (AvgIpc) is 2.65. The van der Waals surface area contributed by atoms with E-state index in [2.05, 4.69) is 21.2 Å². The summed E-state index contributed by atoms with van der Waals surface area (Å²) < 4.78 is 0.925. The number of halogens is 1. The van der Waals surface area contributed by atoms with Crippen LogP contribution in [-0.2, 0) is 5.54 Å². The van der Waals surface area contributed by atoms with Gasteiger partial charge in [0.2, 0.25) is 0 Å². The fourth-order valence-corrected chi connectivity index (χ4v) is 2.74. The highest BCUT2D eigenvalue weighted by atomic mass is 79.9. The summed E-state index contributed by atoms with van der Waals surface area (Å²) in [5, 5.41) is 3.33. The van der Waals surface area contributed by atoms with Gasteiger partial charge in [0.05, 0.1) is 0 Å². The Morgan fingerprint density at radius 3 is 2.56 bits per heavy atom. The number of hydrogen-bond acceptors (Lipinski definition) is 2. The molecule has 0 spiro atoms. The van der Waals surface area contributed by atoms with Gasteiger partial charge in [-0.3, -0.25) is 4.79 Å². The van der Waals surface area contributed by atoms with E-state index in [1.807, 2.05) is 55.5 Å². The third-order valence-corrected chi connectivity index (χ3v) is 3.91. The lowest BCUT2D eigenvalue weighted by atomic mass is 9.88. The lowest BCUT2D eigenvalue weighted by molar-refractivity contribution is 0.0928. The number of Topliss-reactive ketones (excluding diaryl/α,β-unsaturated/α-hetero) is 1. The van der Waals surface area contributed by atoms with E-state index in [9.17, 15) is 4.79 Å². The third kappa shape index (κ3) is 1.58. The summed E-state index contributed by atoms with van der Waals surface area (Å²) in [7, 11) is 0. The first-order valence-corrected chi connectivity index (χ1v) is 6.58. The first-order valence-electron chi connectivity index (χ1n) is 5.79. The summed E-state index contributed by atoms with van der Waals surface area (Å²) in [6, 6.07) is 15.6. The average molecular weight is 302 g/mol. The van der Waals surface area contributed by atoms with Crippen LogP contribution in [0.3, 0.4) is 0 Å². The van der Waals surface area contributed by atoms with Crippen molar-refractivity contribution in [1.29, 1.82) is 0 Å². The van der Waals surface area contributed by atoms with E-state index in [-0.39, 0.29) is 5.78 Å². The Labute approximate surface area is 114 Å². The third-order valence-electron chi connectivity index (χ3n) is 3.42. The molecule has 2 nitrogen and oxygen atoms in total. The summed E-state index contributed by atoms with van der Waals surface area (Å²) in [4.78, 5) is 12.6. The SMILES string of the molecule is CC1(c2ccccc2)Nc2ccc(Br)cc2C1=O. The summed E-state index contributed by atoms with van der Waals surface area (Å²) in [6.07, 6.45) is 0. The Hall–Kier alpha value is -1.61.